The van der Waals surface area contributed by atoms with Crippen LogP contribution in [-0.2, 0) is 4.79 Å². The van der Waals surface area contributed by atoms with Crippen molar-refractivity contribution in [2.24, 2.45) is 11.8 Å². The molecule has 1 saturated heterocycles. The molecule has 1 aromatic carbocycles. The summed E-state index contributed by atoms with van der Waals surface area (Å²) < 4.78 is 13.5. The average Bonchev–Trinajstić information content (AvgIpc) is 2.79. The van der Waals surface area contributed by atoms with Gasteiger partial charge in [-0.25, -0.2) is 4.39 Å². The van der Waals surface area contributed by atoms with Crippen molar-refractivity contribution in [2.45, 2.75) is 26.8 Å². The average molecular weight is 264 g/mol. The van der Waals surface area contributed by atoms with Crippen LogP contribution in [-0.4, -0.2) is 19.0 Å². The highest BCUT2D eigenvalue weighted by molar-refractivity contribution is 5.80. The lowest BCUT2D eigenvalue weighted by Gasteiger charge is -2.19. The Labute approximate surface area is 113 Å². The minimum Gasteiger partial charge on any atom is -0.349 e. The van der Waals surface area contributed by atoms with E-state index in [0.717, 1.165) is 18.7 Å². The summed E-state index contributed by atoms with van der Waals surface area (Å²) in [5.74, 6) is 0.181. The molecular formula is C15H21FN2O. The molecule has 1 aliphatic heterocycles. The van der Waals surface area contributed by atoms with E-state index in [-0.39, 0.29) is 23.7 Å². The molecule has 104 valence electrons. The van der Waals surface area contributed by atoms with E-state index in [1.54, 1.807) is 13.0 Å². The van der Waals surface area contributed by atoms with E-state index in [9.17, 15) is 9.18 Å². The molecule has 3 unspecified atom stereocenters. The van der Waals surface area contributed by atoms with Crippen molar-refractivity contribution in [1.82, 2.24) is 10.6 Å². The number of carbonyl (C=O) groups excluding carboxylic acids is 1. The molecule has 0 radical (unpaired) electrons. The van der Waals surface area contributed by atoms with Gasteiger partial charge in [-0.1, -0.05) is 19.1 Å². The van der Waals surface area contributed by atoms with Crippen LogP contribution in [0.5, 0.6) is 0 Å². The molecule has 0 saturated carbocycles. The minimum absolute atomic E-state index is 0.0118. The lowest BCUT2D eigenvalue weighted by atomic mass is 9.96. The molecule has 1 heterocycles. The fourth-order valence-electron chi connectivity index (χ4n) is 2.44. The van der Waals surface area contributed by atoms with Crippen molar-refractivity contribution in [2.75, 3.05) is 13.1 Å². The summed E-state index contributed by atoms with van der Waals surface area (Å²) in [6, 6.07) is 4.93. The third-order valence-electron chi connectivity index (χ3n) is 3.91. The Morgan fingerprint density at radius 1 is 1.47 bits per heavy atom. The van der Waals surface area contributed by atoms with Crippen molar-refractivity contribution in [3.8, 4) is 0 Å². The maximum atomic E-state index is 13.5. The molecule has 0 aromatic heterocycles. The van der Waals surface area contributed by atoms with E-state index in [1.807, 2.05) is 13.0 Å². The van der Waals surface area contributed by atoms with Crippen LogP contribution in [0.25, 0.3) is 0 Å². The number of hydrogen-bond donors (Lipinski definition) is 2. The van der Waals surface area contributed by atoms with E-state index < -0.39 is 0 Å². The molecule has 2 rings (SSSR count). The van der Waals surface area contributed by atoms with Crippen LogP contribution in [0.15, 0.2) is 18.2 Å². The normalized spacial score (nSPS) is 24.2. The summed E-state index contributed by atoms with van der Waals surface area (Å²) in [4.78, 5) is 12.1. The Kier molecular flexibility index (Phi) is 4.20. The van der Waals surface area contributed by atoms with Gasteiger partial charge in [0.05, 0.1) is 12.0 Å². The zero-order valence-electron chi connectivity index (χ0n) is 11.7. The number of aryl methyl sites for hydroxylation is 1. The Hall–Kier alpha value is -1.42. The molecule has 2 N–H and O–H groups in total. The number of amides is 1. The third kappa shape index (κ3) is 3.13. The molecule has 0 aliphatic carbocycles. The summed E-state index contributed by atoms with van der Waals surface area (Å²) in [5.41, 5.74) is 1.42. The number of hydrogen-bond acceptors (Lipinski definition) is 2. The summed E-state index contributed by atoms with van der Waals surface area (Å²) in [5, 5.41) is 6.18. The second-order valence-corrected chi connectivity index (χ2v) is 5.48. The second-order valence-electron chi connectivity index (χ2n) is 5.48. The Balaban J connectivity index is 2.02. The summed E-state index contributed by atoms with van der Waals surface area (Å²) in [6.07, 6.45) is 0. The van der Waals surface area contributed by atoms with Gasteiger partial charge in [0, 0.05) is 6.54 Å². The first kappa shape index (κ1) is 14.0. The molecule has 1 amide bonds. The zero-order valence-corrected chi connectivity index (χ0v) is 11.7. The van der Waals surface area contributed by atoms with Crippen LogP contribution in [0.2, 0.25) is 0 Å². The lowest BCUT2D eigenvalue weighted by molar-refractivity contribution is -0.126. The van der Waals surface area contributed by atoms with Gasteiger partial charge in [0.2, 0.25) is 5.91 Å². The van der Waals surface area contributed by atoms with Crippen LogP contribution >= 0.6 is 0 Å². The molecule has 3 nitrogen and oxygen atoms in total. The SMILES string of the molecule is Cc1ccc(C(C)NC(=O)C2CNCC2C)cc1F. The Morgan fingerprint density at radius 2 is 2.21 bits per heavy atom. The van der Waals surface area contributed by atoms with Gasteiger partial charge >= 0.3 is 0 Å². The Bertz CT molecular complexity index is 475. The van der Waals surface area contributed by atoms with Crippen LogP contribution in [0.1, 0.15) is 31.0 Å². The second kappa shape index (κ2) is 5.70. The molecule has 4 heteroatoms. The van der Waals surface area contributed by atoms with Gasteiger partial charge in [0.25, 0.3) is 0 Å². The van der Waals surface area contributed by atoms with Gasteiger partial charge < -0.3 is 10.6 Å². The van der Waals surface area contributed by atoms with E-state index in [2.05, 4.69) is 17.6 Å². The summed E-state index contributed by atoms with van der Waals surface area (Å²) >= 11 is 0. The van der Waals surface area contributed by atoms with Crippen molar-refractivity contribution in [3.63, 3.8) is 0 Å². The molecule has 1 aliphatic rings. The van der Waals surface area contributed by atoms with Crippen LogP contribution in [0.3, 0.4) is 0 Å². The van der Waals surface area contributed by atoms with E-state index in [0.29, 0.717) is 11.5 Å². The largest absolute Gasteiger partial charge is 0.349 e. The number of rotatable bonds is 3. The fourth-order valence-corrected chi connectivity index (χ4v) is 2.44. The maximum Gasteiger partial charge on any atom is 0.225 e. The number of halogens is 1. The molecule has 0 spiro atoms. The summed E-state index contributed by atoms with van der Waals surface area (Å²) in [6.45, 7) is 7.29. The van der Waals surface area contributed by atoms with Gasteiger partial charge in [-0.05, 0) is 43.5 Å². The number of nitrogens with one attached hydrogen (secondary N) is 2. The minimum atomic E-state index is -0.227. The van der Waals surface area contributed by atoms with Gasteiger partial charge in [-0.15, -0.1) is 0 Å². The third-order valence-corrected chi connectivity index (χ3v) is 3.91. The van der Waals surface area contributed by atoms with E-state index in [4.69, 9.17) is 0 Å². The molecule has 1 fully saturated rings. The topological polar surface area (TPSA) is 41.1 Å². The van der Waals surface area contributed by atoms with Crippen LogP contribution in [0, 0.1) is 24.6 Å². The predicted octanol–water partition coefficient (Wildman–Crippen LogP) is 2.17. The van der Waals surface area contributed by atoms with Crippen molar-refractivity contribution < 1.29 is 9.18 Å². The zero-order chi connectivity index (χ0) is 14.0. The van der Waals surface area contributed by atoms with Crippen molar-refractivity contribution in [3.05, 3.63) is 35.1 Å². The first-order valence-corrected chi connectivity index (χ1v) is 6.76. The molecule has 1 aromatic rings. The Morgan fingerprint density at radius 3 is 2.79 bits per heavy atom. The number of benzene rings is 1. The van der Waals surface area contributed by atoms with Crippen molar-refractivity contribution >= 4 is 5.91 Å². The quantitative estimate of drug-likeness (QED) is 0.878. The van der Waals surface area contributed by atoms with Crippen LogP contribution < -0.4 is 10.6 Å². The molecular weight excluding hydrogens is 243 g/mol. The molecule has 19 heavy (non-hydrogen) atoms. The van der Waals surface area contributed by atoms with Gasteiger partial charge in [0.15, 0.2) is 0 Å². The highest BCUT2D eigenvalue weighted by atomic mass is 19.1. The summed E-state index contributed by atoms with van der Waals surface area (Å²) in [7, 11) is 0. The standard InChI is InChI=1S/C15H21FN2O/c1-9-4-5-12(6-14(9)16)11(3)18-15(19)13-8-17-7-10(13)2/h4-6,10-11,13,17H,7-8H2,1-3H3,(H,18,19). The van der Waals surface area contributed by atoms with Gasteiger partial charge in [-0.3, -0.25) is 4.79 Å². The smallest absolute Gasteiger partial charge is 0.225 e. The highest BCUT2D eigenvalue weighted by Crippen LogP contribution is 2.20. The first-order valence-electron chi connectivity index (χ1n) is 6.76. The first-order chi connectivity index (χ1) is 8.99. The van der Waals surface area contributed by atoms with Crippen molar-refractivity contribution in [1.29, 1.82) is 0 Å². The lowest BCUT2D eigenvalue weighted by Crippen LogP contribution is -2.36. The van der Waals surface area contributed by atoms with E-state index in [1.165, 1.54) is 6.07 Å². The van der Waals surface area contributed by atoms with Gasteiger partial charge in [0.1, 0.15) is 5.82 Å². The monoisotopic (exact) mass is 264 g/mol. The van der Waals surface area contributed by atoms with Gasteiger partial charge in [-0.2, -0.15) is 0 Å². The maximum absolute atomic E-state index is 13.5. The predicted molar refractivity (Wildman–Crippen MR) is 73.2 cm³/mol. The number of carbonyl (C=O) groups is 1. The molecule has 0 bridgehead atoms. The molecule has 3 atom stereocenters. The highest BCUT2D eigenvalue weighted by Gasteiger charge is 2.30. The van der Waals surface area contributed by atoms with E-state index >= 15 is 0 Å². The van der Waals surface area contributed by atoms with Crippen LogP contribution in [0.4, 0.5) is 4.39 Å². The fraction of sp³-hybridized carbons (Fsp3) is 0.533.